The topological polar surface area (TPSA) is 58.5 Å². The molecule has 0 aliphatic carbocycles. The van der Waals surface area contributed by atoms with Crippen LogP contribution in [0.25, 0.3) is 0 Å². The number of nitrogens with one attached hydrogen (secondary N) is 2. The maximum absolute atomic E-state index is 5.66. The van der Waals surface area contributed by atoms with Crippen LogP contribution < -0.4 is 15.4 Å². The van der Waals surface area contributed by atoms with E-state index in [0.29, 0.717) is 12.4 Å². The van der Waals surface area contributed by atoms with Gasteiger partial charge in [-0.3, -0.25) is 4.99 Å². The molecule has 0 saturated heterocycles. The van der Waals surface area contributed by atoms with Crippen LogP contribution in [0.1, 0.15) is 26.3 Å². The fourth-order valence-corrected chi connectivity index (χ4v) is 1.35. The summed E-state index contributed by atoms with van der Waals surface area (Å²) in [7, 11) is 3.56. The molecule has 0 bridgehead atoms. The molecule has 5 nitrogen and oxygen atoms in total. The maximum atomic E-state index is 5.66. The third kappa shape index (κ3) is 7.19. The molecule has 0 radical (unpaired) electrons. The number of aromatic nitrogens is 1. The van der Waals surface area contributed by atoms with Crippen LogP contribution in [0.3, 0.4) is 0 Å². The molecule has 0 aliphatic rings. The average molecular weight is 378 g/mol. The highest BCUT2D eigenvalue weighted by atomic mass is 127. The van der Waals surface area contributed by atoms with Crippen molar-refractivity contribution in [3.63, 3.8) is 0 Å². The molecule has 0 amide bonds. The van der Waals surface area contributed by atoms with Crippen molar-refractivity contribution >= 4 is 29.9 Å². The maximum Gasteiger partial charge on any atom is 0.213 e. The van der Waals surface area contributed by atoms with Gasteiger partial charge in [0.25, 0.3) is 0 Å². The predicted molar refractivity (Wildman–Crippen MR) is 89.3 cm³/mol. The number of guanidine groups is 1. The summed E-state index contributed by atoms with van der Waals surface area (Å²) in [5, 5.41) is 6.12. The van der Waals surface area contributed by atoms with Crippen LogP contribution in [0.5, 0.6) is 5.88 Å². The van der Waals surface area contributed by atoms with Crippen LogP contribution in [0.15, 0.2) is 23.3 Å². The van der Waals surface area contributed by atoms with E-state index < -0.39 is 0 Å². The molecule has 0 atom stereocenters. The largest absolute Gasteiger partial charge is 0.472 e. The van der Waals surface area contributed by atoms with Gasteiger partial charge < -0.3 is 15.4 Å². The Morgan fingerprint density at radius 3 is 2.47 bits per heavy atom. The number of pyridine rings is 1. The molecular weight excluding hydrogens is 355 g/mol. The number of halogens is 1. The molecule has 2 N–H and O–H groups in total. The molecule has 1 heterocycles. The second-order valence-electron chi connectivity index (χ2n) is 4.89. The van der Waals surface area contributed by atoms with Gasteiger partial charge in [0.2, 0.25) is 5.88 Å². The molecule has 108 valence electrons. The van der Waals surface area contributed by atoms with E-state index >= 15 is 0 Å². The van der Waals surface area contributed by atoms with Crippen LogP contribution in [0.2, 0.25) is 0 Å². The summed E-state index contributed by atoms with van der Waals surface area (Å²) in [6, 6.07) is 3.87. The molecule has 0 unspecified atom stereocenters. The highest BCUT2D eigenvalue weighted by Gasteiger charge is 2.12. The molecule has 0 aromatic carbocycles. The number of aliphatic imine (C=N–C) groups is 1. The monoisotopic (exact) mass is 378 g/mol. The zero-order chi connectivity index (χ0) is 13.6. The van der Waals surface area contributed by atoms with E-state index in [2.05, 4.69) is 20.6 Å². The lowest BCUT2D eigenvalue weighted by atomic mass is 10.2. The Morgan fingerprint density at radius 1 is 1.37 bits per heavy atom. The quantitative estimate of drug-likeness (QED) is 0.481. The lowest BCUT2D eigenvalue weighted by Crippen LogP contribution is -2.34. The van der Waals surface area contributed by atoms with Crippen molar-refractivity contribution in [2.45, 2.75) is 32.9 Å². The van der Waals surface area contributed by atoms with Crippen LogP contribution in [0.4, 0.5) is 0 Å². The lowest BCUT2D eigenvalue weighted by molar-refractivity contribution is 0.124. The van der Waals surface area contributed by atoms with Gasteiger partial charge in [0, 0.05) is 32.9 Å². The molecule has 0 aliphatic heterocycles. The summed E-state index contributed by atoms with van der Waals surface area (Å²) < 4.78 is 5.66. The molecule has 0 saturated carbocycles. The van der Waals surface area contributed by atoms with Crippen LogP contribution >= 0.6 is 24.0 Å². The number of hydrogen-bond acceptors (Lipinski definition) is 3. The highest BCUT2D eigenvalue weighted by molar-refractivity contribution is 14.0. The predicted octanol–water partition coefficient (Wildman–Crippen LogP) is 2.17. The van der Waals surface area contributed by atoms with E-state index in [1.165, 1.54) is 0 Å². The number of ether oxygens (including phenoxy) is 1. The summed E-state index contributed by atoms with van der Waals surface area (Å²) in [4.78, 5) is 8.31. The van der Waals surface area contributed by atoms with E-state index in [9.17, 15) is 0 Å². The van der Waals surface area contributed by atoms with Crippen molar-refractivity contribution in [1.29, 1.82) is 0 Å². The van der Waals surface area contributed by atoms with Crippen molar-refractivity contribution in [2.24, 2.45) is 4.99 Å². The normalized spacial score (nSPS) is 11.5. The fourth-order valence-electron chi connectivity index (χ4n) is 1.35. The molecule has 6 heteroatoms. The summed E-state index contributed by atoms with van der Waals surface area (Å²) in [6.45, 7) is 6.68. The highest BCUT2D eigenvalue weighted by Crippen LogP contribution is 2.15. The molecule has 1 rings (SSSR count). The SMILES string of the molecule is CN=C(NC)NCc1ccc(OC(C)(C)C)nc1.I. The van der Waals surface area contributed by atoms with Crippen molar-refractivity contribution in [3.05, 3.63) is 23.9 Å². The standard InChI is InChI=1S/C13H22N4O.HI/c1-13(2,3)18-11-7-6-10(8-16-11)9-17-12(14-4)15-5;/h6-8H,9H2,1-5H3,(H2,14,15,17);1H. The van der Waals surface area contributed by atoms with Crippen LogP contribution in [-0.2, 0) is 6.54 Å². The third-order valence-corrected chi connectivity index (χ3v) is 2.13. The zero-order valence-electron chi connectivity index (χ0n) is 12.2. The van der Waals surface area contributed by atoms with Gasteiger partial charge in [0.1, 0.15) is 5.60 Å². The van der Waals surface area contributed by atoms with Crippen LogP contribution in [-0.4, -0.2) is 30.6 Å². The Kier molecular flexibility index (Phi) is 7.73. The Bertz CT molecular complexity index is 398. The Hall–Kier alpha value is -1.05. The molecule has 0 spiro atoms. The van der Waals surface area contributed by atoms with E-state index in [1.807, 2.05) is 40.0 Å². The van der Waals surface area contributed by atoms with Gasteiger partial charge in [-0.1, -0.05) is 6.07 Å². The average Bonchev–Trinajstić information content (AvgIpc) is 2.30. The van der Waals surface area contributed by atoms with Gasteiger partial charge in [0.05, 0.1) is 0 Å². The van der Waals surface area contributed by atoms with Crippen molar-refractivity contribution in [2.75, 3.05) is 14.1 Å². The minimum Gasteiger partial charge on any atom is -0.472 e. The summed E-state index contributed by atoms with van der Waals surface area (Å²) in [6.07, 6.45) is 1.80. The van der Waals surface area contributed by atoms with E-state index in [-0.39, 0.29) is 29.6 Å². The lowest BCUT2D eigenvalue weighted by Gasteiger charge is -2.20. The smallest absolute Gasteiger partial charge is 0.213 e. The Morgan fingerprint density at radius 2 is 2.05 bits per heavy atom. The molecule has 1 aromatic rings. The molecular formula is C13H23IN4O. The van der Waals surface area contributed by atoms with Gasteiger partial charge in [-0.05, 0) is 26.3 Å². The second-order valence-corrected chi connectivity index (χ2v) is 4.89. The van der Waals surface area contributed by atoms with Gasteiger partial charge in [-0.15, -0.1) is 24.0 Å². The van der Waals surface area contributed by atoms with Gasteiger partial charge in [-0.2, -0.15) is 0 Å². The first-order chi connectivity index (χ1) is 8.44. The second kappa shape index (κ2) is 8.19. The van der Waals surface area contributed by atoms with E-state index in [4.69, 9.17) is 4.74 Å². The first-order valence-electron chi connectivity index (χ1n) is 5.97. The third-order valence-electron chi connectivity index (χ3n) is 2.13. The van der Waals surface area contributed by atoms with Crippen molar-refractivity contribution in [1.82, 2.24) is 15.6 Å². The van der Waals surface area contributed by atoms with Gasteiger partial charge >= 0.3 is 0 Å². The summed E-state index contributed by atoms with van der Waals surface area (Å²) >= 11 is 0. The molecule has 0 fully saturated rings. The minimum absolute atomic E-state index is 0. The van der Waals surface area contributed by atoms with Crippen molar-refractivity contribution < 1.29 is 4.74 Å². The van der Waals surface area contributed by atoms with Gasteiger partial charge in [-0.25, -0.2) is 4.98 Å². The fraction of sp³-hybridized carbons (Fsp3) is 0.538. The first kappa shape index (κ1) is 17.9. The Balaban J connectivity index is 0.00000324. The minimum atomic E-state index is -0.221. The first-order valence-corrected chi connectivity index (χ1v) is 5.97. The number of hydrogen-bond donors (Lipinski definition) is 2. The Labute approximate surface area is 132 Å². The summed E-state index contributed by atoms with van der Waals surface area (Å²) in [5.41, 5.74) is 0.855. The summed E-state index contributed by atoms with van der Waals surface area (Å²) in [5.74, 6) is 1.40. The van der Waals surface area contributed by atoms with E-state index in [0.717, 1.165) is 11.5 Å². The molecule has 1 aromatic heterocycles. The number of rotatable bonds is 3. The number of nitrogens with zero attached hydrogens (tertiary/aromatic N) is 2. The van der Waals surface area contributed by atoms with Crippen LogP contribution in [0, 0.1) is 0 Å². The van der Waals surface area contributed by atoms with E-state index in [1.54, 1.807) is 13.2 Å². The van der Waals surface area contributed by atoms with Crippen molar-refractivity contribution in [3.8, 4) is 5.88 Å². The zero-order valence-corrected chi connectivity index (χ0v) is 14.5. The molecule has 19 heavy (non-hydrogen) atoms. The van der Waals surface area contributed by atoms with Gasteiger partial charge in [0.15, 0.2) is 5.96 Å².